The van der Waals surface area contributed by atoms with Crippen molar-refractivity contribution in [3.8, 4) is 11.6 Å². The molecule has 1 unspecified atom stereocenters. The minimum atomic E-state index is -0.700. The molecule has 0 spiro atoms. The van der Waals surface area contributed by atoms with E-state index in [0.29, 0.717) is 11.3 Å². The van der Waals surface area contributed by atoms with Crippen LogP contribution in [0.2, 0.25) is 0 Å². The number of aromatic nitrogens is 1. The van der Waals surface area contributed by atoms with Gasteiger partial charge in [-0.2, -0.15) is 0 Å². The molecule has 0 saturated heterocycles. The van der Waals surface area contributed by atoms with Gasteiger partial charge in [0.2, 0.25) is 11.8 Å². The Labute approximate surface area is 170 Å². The highest BCUT2D eigenvalue weighted by Gasteiger charge is 2.18. The normalized spacial score (nSPS) is 11.5. The predicted octanol–water partition coefficient (Wildman–Crippen LogP) is 3.49. The summed E-state index contributed by atoms with van der Waals surface area (Å²) in [7, 11) is 0. The number of urea groups is 1. The van der Waals surface area contributed by atoms with Crippen LogP contribution in [0.25, 0.3) is 0 Å². The maximum absolute atomic E-state index is 13.4. The Balaban J connectivity index is 1.63. The summed E-state index contributed by atoms with van der Waals surface area (Å²) in [6.07, 6.45) is 1.58. The molecule has 3 amide bonds. The van der Waals surface area contributed by atoms with E-state index in [0.717, 1.165) is 4.88 Å². The maximum Gasteiger partial charge on any atom is 0.312 e. The van der Waals surface area contributed by atoms with Gasteiger partial charge in [0, 0.05) is 29.2 Å². The fourth-order valence-corrected chi connectivity index (χ4v) is 3.41. The van der Waals surface area contributed by atoms with Crippen molar-refractivity contribution >= 4 is 23.3 Å². The lowest BCUT2D eigenvalue weighted by molar-refractivity contribution is -0.121. The topological polar surface area (TPSA) is 106 Å². The SMILES string of the molecule is NC(=O)NC(CC(=O)NCc1cccnc1Oc1cccc(F)c1)c1cccs1. The summed E-state index contributed by atoms with van der Waals surface area (Å²) in [6, 6.07) is 11.6. The summed E-state index contributed by atoms with van der Waals surface area (Å²) in [5.74, 6) is -0.129. The second-order valence-corrected chi connectivity index (χ2v) is 7.06. The molecule has 1 aromatic carbocycles. The third-order valence-electron chi connectivity index (χ3n) is 3.93. The van der Waals surface area contributed by atoms with Crippen LogP contribution in [-0.2, 0) is 11.3 Å². The number of benzene rings is 1. The number of carbonyl (C=O) groups is 2. The van der Waals surface area contributed by atoms with E-state index in [-0.39, 0.29) is 24.8 Å². The van der Waals surface area contributed by atoms with Crippen molar-refractivity contribution in [2.24, 2.45) is 5.73 Å². The molecule has 3 aromatic rings. The maximum atomic E-state index is 13.4. The number of rotatable bonds is 8. The Morgan fingerprint density at radius 3 is 2.79 bits per heavy atom. The van der Waals surface area contributed by atoms with Gasteiger partial charge in [-0.25, -0.2) is 14.2 Å². The van der Waals surface area contributed by atoms with Gasteiger partial charge in [-0.3, -0.25) is 4.79 Å². The fraction of sp³-hybridized carbons (Fsp3) is 0.150. The van der Waals surface area contributed by atoms with Crippen LogP contribution in [0.5, 0.6) is 11.6 Å². The molecule has 2 aromatic heterocycles. The molecular weight excluding hydrogens is 395 g/mol. The van der Waals surface area contributed by atoms with Gasteiger partial charge in [0.1, 0.15) is 11.6 Å². The van der Waals surface area contributed by atoms with E-state index < -0.39 is 17.9 Å². The van der Waals surface area contributed by atoms with Crippen LogP contribution in [-0.4, -0.2) is 16.9 Å². The number of primary amides is 1. The molecule has 0 aliphatic carbocycles. The smallest absolute Gasteiger partial charge is 0.312 e. The van der Waals surface area contributed by atoms with Crippen LogP contribution in [0.3, 0.4) is 0 Å². The van der Waals surface area contributed by atoms with Crippen LogP contribution < -0.4 is 21.1 Å². The number of nitrogens with zero attached hydrogens (tertiary/aromatic N) is 1. The average molecular weight is 414 g/mol. The van der Waals surface area contributed by atoms with E-state index in [2.05, 4.69) is 15.6 Å². The molecule has 1 atom stereocenters. The standard InChI is InChI=1S/C20H19FN4O3S/c21-14-5-1-6-15(10-14)28-19-13(4-2-8-23-19)12-24-18(26)11-16(25-20(22)27)17-7-3-9-29-17/h1-10,16H,11-12H2,(H,24,26)(H3,22,25,27). The molecule has 0 aliphatic heterocycles. The number of nitrogens with two attached hydrogens (primary N) is 1. The molecule has 3 rings (SSSR count). The lowest BCUT2D eigenvalue weighted by atomic mass is 10.1. The molecule has 150 valence electrons. The zero-order valence-electron chi connectivity index (χ0n) is 15.3. The Bertz CT molecular complexity index is 981. The van der Waals surface area contributed by atoms with Gasteiger partial charge in [0.05, 0.1) is 12.5 Å². The number of hydrogen-bond donors (Lipinski definition) is 3. The van der Waals surface area contributed by atoms with Crippen LogP contribution in [0.4, 0.5) is 9.18 Å². The molecular formula is C20H19FN4O3S. The summed E-state index contributed by atoms with van der Waals surface area (Å²) in [6.45, 7) is 0.158. The number of thiophene rings is 1. The van der Waals surface area contributed by atoms with Crippen molar-refractivity contribution in [3.63, 3.8) is 0 Å². The van der Waals surface area contributed by atoms with Crippen LogP contribution in [0.1, 0.15) is 22.9 Å². The van der Waals surface area contributed by atoms with E-state index in [1.807, 2.05) is 17.5 Å². The van der Waals surface area contributed by atoms with Crippen molar-refractivity contribution in [2.45, 2.75) is 19.0 Å². The van der Waals surface area contributed by atoms with E-state index in [4.69, 9.17) is 10.5 Å². The Morgan fingerprint density at radius 2 is 2.07 bits per heavy atom. The first-order chi connectivity index (χ1) is 14.0. The average Bonchev–Trinajstić information content (AvgIpc) is 3.21. The monoisotopic (exact) mass is 414 g/mol. The number of nitrogens with one attached hydrogen (secondary N) is 2. The Morgan fingerprint density at radius 1 is 1.21 bits per heavy atom. The molecule has 29 heavy (non-hydrogen) atoms. The first-order valence-electron chi connectivity index (χ1n) is 8.74. The number of amides is 3. The Hall–Kier alpha value is -3.46. The van der Waals surface area contributed by atoms with Gasteiger partial charge in [0.25, 0.3) is 0 Å². The van der Waals surface area contributed by atoms with Crippen LogP contribution in [0.15, 0.2) is 60.1 Å². The number of ether oxygens (including phenoxy) is 1. The fourth-order valence-electron chi connectivity index (χ4n) is 2.63. The summed E-state index contributed by atoms with van der Waals surface area (Å²) >= 11 is 1.42. The van der Waals surface area contributed by atoms with Crippen molar-refractivity contribution < 1.29 is 18.7 Å². The van der Waals surface area contributed by atoms with Gasteiger partial charge < -0.3 is 21.1 Å². The summed E-state index contributed by atoms with van der Waals surface area (Å²) in [5, 5.41) is 7.21. The summed E-state index contributed by atoms with van der Waals surface area (Å²) in [4.78, 5) is 28.6. The largest absolute Gasteiger partial charge is 0.439 e. The molecule has 9 heteroatoms. The van der Waals surface area contributed by atoms with Gasteiger partial charge in [-0.1, -0.05) is 18.2 Å². The van der Waals surface area contributed by atoms with E-state index in [1.54, 1.807) is 24.4 Å². The molecule has 0 fully saturated rings. The quantitative estimate of drug-likeness (QED) is 0.524. The number of halogens is 1. The molecule has 0 radical (unpaired) electrons. The molecule has 0 bridgehead atoms. The van der Waals surface area contributed by atoms with Gasteiger partial charge in [-0.15, -0.1) is 11.3 Å². The van der Waals surface area contributed by atoms with E-state index >= 15 is 0 Å². The van der Waals surface area contributed by atoms with Crippen LogP contribution >= 0.6 is 11.3 Å². The van der Waals surface area contributed by atoms with Crippen molar-refractivity contribution in [1.29, 1.82) is 0 Å². The van der Waals surface area contributed by atoms with Crippen LogP contribution in [0, 0.1) is 5.82 Å². The minimum Gasteiger partial charge on any atom is -0.439 e. The summed E-state index contributed by atoms with van der Waals surface area (Å²) < 4.78 is 19.0. The minimum absolute atomic E-state index is 0.0316. The third-order valence-corrected chi connectivity index (χ3v) is 4.92. The highest BCUT2D eigenvalue weighted by molar-refractivity contribution is 7.10. The van der Waals surface area contributed by atoms with E-state index in [1.165, 1.54) is 29.5 Å². The molecule has 0 saturated carbocycles. The highest BCUT2D eigenvalue weighted by atomic mass is 32.1. The van der Waals surface area contributed by atoms with Gasteiger partial charge >= 0.3 is 6.03 Å². The zero-order valence-corrected chi connectivity index (χ0v) is 16.1. The van der Waals surface area contributed by atoms with Crippen molar-refractivity contribution in [3.05, 3.63) is 76.4 Å². The summed E-state index contributed by atoms with van der Waals surface area (Å²) in [5.41, 5.74) is 5.84. The molecule has 4 N–H and O–H groups in total. The molecule has 2 heterocycles. The lowest BCUT2D eigenvalue weighted by Gasteiger charge is -2.16. The van der Waals surface area contributed by atoms with Gasteiger partial charge in [-0.05, 0) is 29.6 Å². The second kappa shape index (κ2) is 9.65. The van der Waals surface area contributed by atoms with Crippen molar-refractivity contribution in [1.82, 2.24) is 15.6 Å². The number of pyridine rings is 1. The van der Waals surface area contributed by atoms with E-state index in [9.17, 15) is 14.0 Å². The first kappa shape index (κ1) is 20.3. The number of carbonyl (C=O) groups excluding carboxylic acids is 2. The lowest BCUT2D eigenvalue weighted by Crippen LogP contribution is -2.36. The van der Waals surface area contributed by atoms with Crippen molar-refractivity contribution in [2.75, 3.05) is 0 Å². The number of hydrogen-bond acceptors (Lipinski definition) is 5. The zero-order chi connectivity index (χ0) is 20.6. The predicted molar refractivity (Wildman–Crippen MR) is 107 cm³/mol. The van der Waals surface area contributed by atoms with Gasteiger partial charge in [0.15, 0.2) is 0 Å². The third kappa shape index (κ3) is 6.01. The molecule has 0 aliphatic rings. The Kier molecular flexibility index (Phi) is 6.75. The molecule has 7 nitrogen and oxygen atoms in total. The highest BCUT2D eigenvalue weighted by Crippen LogP contribution is 2.24. The second-order valence-electron chi connectivity index (χ2n) is 6.08. The first-order valence-corrected chi connectivity index (χ1v) is 9.62.